The molecule has 0 saturated carbocycles. The largest absolute Gasteiger partial charge is 0.424 e. The van der Waals surface area contributed by atoms with Crippen molar-refractivity contribution in [1.29, 1.82) is 0 Å². The highest BCUT2D eigenvalue weighted by molar-refractivity contribution is 7.18. The molecule has 0 aliphatic carbocycles. The normalized spacial score (nSPS) is 9.67. The number of ether oxygens (including phenoxy) is 1. The first-order valence-corrected chi connectivity index (χ1v) is 5.49. The predicted octanol–water partition coefficient (Wildman–Crippen LogP) is 1.16. The third-order valence-electron chi connectivity index (χ3n) is 1.61. The molecule has 0 aromatic heterocycles. The van der Waals surface area contributed by atoms with Crippen LogP contribution in [-0.2, 0) is 9.59 Å². The predicted molar refractivity (Wildman–Crippen MR) is 62.4 cm³/mol. The quantitative estimate of drug-likeness (QED) is 0.478. The molecular formula is C10H13NO3P+. The molecule has 1 aromatic carbocycles. The fourth-order valence-corrected chi connectivity index (χ4v) is 1.09. The van der Waals surface area contributed by atoms with E-state index in [0.717, 1.165) is 0 Å². The van der Waals surface area contributed by atoms with Gasteiger partial charge in [0.1, 0.15) is 11.9 Å². The van der Waals surface area contributed by atoms with E-state index in [1.54, 1.807) is 33.5 Å². The van der Waals surface area contributed by atoms with E-state index in [2.05, 4.69) is 5.32 Å². The van der Waals surface area contributed by atoms with E-state index in [-0.39, 0.29) is 11.9 Å². The lowest BCUT2D eigenvalue weighted by molar-refractivity contribution is -0.131. The summed E-state index contributed by atoms with van der Waals surface area (Å²) in [5.74, 6) is 0.0934. The van der Waals surface area contributed by atoms with Crippen LogP contribution in [0.15, 0.2) is 24.3 Å². The Morgan fingerprint density at radius 3 is 2.40 bits per heavy atom. The van der Waals surface area contributed by atoms with E-state index in [1.165, 1.54) is 6.92 Å². The minimum atomic E-state index is -0.263. The minimum Gasteiger partial charge on any atom is -0.424 e. The maximum absolute atomic E-state index is 11.0. The number of rotatable bonds is 3. The Kier molecular flexibility index (Phi) is 4.25. The van der Waals surface area contributed by atoms with Crippen molar-refractivity contribution in [3.8, 4) is 5.75 Å². The lowest BCUT2D eigenvalue weighted by atomic mass is 10.3. The molecule has 0 radical (unpaired) electrons. The summed E-state index contributed by atoms with van der Waals surface area (Å²) in [6.07, 6.45) is 0.368. The van der Waals surface area contributed by atoms with Crippen molar-refractivity contribution in [2.24, 2.45) is 0 Å². The molecule has 15 heavy (non-hydrogen) atoms. The summed E-state index contributed by atoms with van der Waals surface area (Å²) >= 11 is 0. The first kappa shape index (κ1) is 11.7. The fourth-order valence-electron chi connectivity index (χ4n) is 0.992. The Bertz CT molecular complexity index is 361. The molecule has 80 valence electrons. The average Bonchev–Trinajstić information content (AvgIpc) is 2.20. The summed E-state index contributed by atoms with van der Waals surface area (Å²) in [6, 6.07) is 6.65. The molecule has 4 nitrogen and oxygen atoms in total. The van der Waals surface area contributed by atoms with E-state index in [4.69, 9.17) is 4.74 Å². The van der Waals surface area contributed by atoms with E-state index in [0.29, 0.717) is 17.6 Å². The zero-order chi connectivity index (χ0) is 11.3. The highest BCUT2D eigenvalue weighted by atomic mass is 31.0. The number of hydrogen-bond acceptors (Lipinski definition) is 3. The highest BCUT2D eigenvalue weighted by Gasteiger charge is 2.03. The molecule has 0 heterocycles. The molecule has 1 N–H and O–H groups in total. The van der Waals surface area contributed by atoms with Gasteiger partial charge < -0.3 is 10.1 Å². The van der Waals surface area contributed by atoms with Crippen LogP contribution in [0.2, 0.25) is 0 Å². The average molecular weight is 226 g/mol. The van der Waals surface area contributed by atoms with Gasteiger partial charge in [-0.3, -0.25) is 4.79 Å². The zero-order valence-electron chi connectivity index (χ0n) is 8.45. The Hall–Kier alpha value is -1.41. The molecule has 1 atom stereocenters. The molecule has 5 heteroatoms. The summed E-state index contributed by atoms with van der Waals surface area (Å²) in [5, 5.41) is 2.62. The number of anilines is 1. The van der Waals surface area contributed by atoms with Crippen LogP contribution in [-0.4, -0.2) is 18.0 Å². The molecular weight excluding hydrogens is 213 g/mol. The second kappa shape index (κ2) is 5.47. The van der Waals surface area contributed by atoms with Crippen LogP contribution in [0.1, 0.15) is 6.92 Å². The number of carbonyl (C=O) groups excluding carboxylic acids is 2. The van der Waals surface area contributed by atoms with E-state index < -0.39 is 0 Å². The van der Waals surface area contributed by atoms with Gasteiger partial charge in [-0.15, -0.1) is 0 Å². The van der Waals surface area contributed by atoms with Crippen molar-refractivity contribution in [2.45, 2.75) is 6.92 Å². The second-order valence-electron chi connectivity index (χ2n) is 2.93. The number of esters is 1. The topological polar surface area (TPSA) is 55.4 Å². The molecule has 0 aliphatic rings. The molecule has 0 aliphatic heterocycles. The van der Waals surface area contributed by atoms with Crippen molar-refractivity contribution in [3.63, 3.8) is 0 Å². The van der Waals surface area contributed by atoms with Crippen LogP contribution in [0.25, 0.3) is 0 Å². The van der Waals surface area contributed by atoms with Crippen LogP contribution in [0.5, 0.6) is 5.75 Å². The number of benzene rings is 1. The standard InChI is InChI=1S/C10H12NO3P/c1-7(12)11-8-2-4-9(5-3-8)14-10(13)6-15/h2-5H,6,15H2,1H3,(H,11,12)/p+1. The first-order chi connectivity index (χ1) is 7.11. The van der Waals surface area contributed by atoms with Gasteiger partial charge in [0.05, 0.1) is 0 Å². The molecule has 0 saturated heterocycles. The van der Waals surface area contributed by atoms with Crippen LogP contribution in [0, 0.1) is 0 Å². The third-order valence-corrected chi connectivity index (χ3v) is 2.02. The van der Waals surface area contributed by atoms with Crippen molar-refractivity contribution in [1.82, 2.24) is 0 Å². The first-order valence-electron chi connectivity index (χ1n) is 4.49. The molecule has 1 amide bonds. The molecule has 0 fully saturated rings. The van der Waals surface area contributed by atoms with Crippen LogP contribution in [0.4, 0.5) is 5.69 Å². The van der Waals surface area contributed by atoms with Gasteiger partial charge in [-0.1, -0.05) is 0 Å². The summed E-state index contributed by atoms with van der Waals surface area (Å²) in [4.78, 5) is 21.7. The van der Waals surface area contributed by atoms with Crippen molar-refractivity contribution < 1.29 is 14.3 Å². The van der Waals surface area contributed by atoms with Crippen LogP contribution in [0.3, 0.4) is 0 Å². The summed E-state index contributed by atoms with van der Waals surface area (Å²) in [7, 11) is 1.54. The van der Waals surface area contributed by atoms with Gasteiger partial charge in [0.25, 0.3) is 0 Å². The van der Waals surface area contributed by atoms with E-state index in [1.807, 2.05) is 0 Å². The van der Waals surface area contributed by atoms with Gasteiger partial charge in [0.2, 0.25) is 5.91 Å². The number of hydrogen-bond donors (Lipinski definition) is 1. The van der Waals surface area contributed by atoms with Gasteiger partial charge in [-0.25, -0.2) is 4.79 Å². The Balaban J connectivity index is 2.64. The Labute approximate surface area is 90.2 Å². The monoisotopic (exact) mass is 226 g/mol. The Morgan fingerprint density at radius 1 is 1.33 bits per heavy atom. The molecule has 1 aromatic rings. The van der Waals surface area contributed by atoms with Gasteiger partial charge in [0.15, 0.2) is 0 Å². The Morgan fingerprint density at radius 2 is 1.93 bits per heavy atom. The molecule has 0 spiro atoms. The fraction of sp³-hybridized carbons (Fsp3) is 0.200. The maximum Gasteiger partial charge on any atom is 0.348 e. The molecule has 0 bridgehead atoms. The number of amides is 1. The second-order valence-corrected chi connectivity index (χ2v) is 3.43. The van der Waals surface area contributed by atoms with E-state index in [9.17, 15) is 9.59 Å². The molecule has 1 rings (SSSR count). The smallest absolute Gasteiger partial charge is 0.348 e. The van der Waals surface area contributed by atoms with Crippen molar-refractivity contribution in [2.75, 3.05) is 11.5 Å². The van der Waals surface area contributed by atoms with Gasteiger partial charge >= 0.3 is 5.97 Å². The van der Waals surface area contributed by atoms with Crippen molar-refractivity contribution >= 4 is 26.8 Å². The van der Waals surface area contributed by atoms with Crippen molar-refractivity contribution in [3.05, 3.63) is 24.3 Å². The van der Waals surface area contributed by atoms with Crippen LogP contribution < -0.4 is 10.1 Å². The summed E-state index contributed by atoms with van der Waals surface area (Å²) in [6.45, 7) is 1.44. The van der Waals surface area contributed by atoms with E-state index >= 15 is 0 Å². The van der Waals surface area contributed by atoms with Gasteiger partial charge in [-0.05, 0) is 33.5 Å². The lowest BCUT2D eigenvalue weighted by Crippen LogP contribution is -2.09. The minimum absolute atomic E-state index is 0.130. The highest BCUT2D eigenvalue weighted by Crippen LogP contribution is 2.15. The SMILES string of the molecule is CC(=O)Nc1ccc(OC(=O)C[PH3+])cc1. The number of carbonyl (C=O) groups is 2. The summed E-state index contributed by atoms with van der Waals surface area (Å²) < 4.78 is 4.98. The summed E-state index contributed by atoms with van der Waals surface area (Å²) in [5.41, 5.74) is 0.681. The lowest BCUT2D eigenvalue weighted by Gasteiger charge is -2.04. The number of nitrogens with one attached hydrogen (secondary N) is 1. The molecule has 1 unspecified atom stereocenters. The third kappa shape index (κ3) is 4.09. The van der Waals surface area contributed by atoms with Gasteiger partial charge in [0, 0.05) is 12.6 Å². The maximum atomic E-state index is 11.0. The van der Waals surface area contributed by atoms with Crippen LogP contribution >= 0.6 is 9.24 Å². The zero-order valence-corrected chi connectivity index (χ0v) is 9.86. The van der Waals surface area contributed by atoms with Gasteiger partial charge in [-0.2, -0.15) is 0 Å².